The lowest BCUT2D eigenvalue weighted by Crippen LogP contribution is -2.42. The van der Waals surface area contributed by atoms with Crippen LogP contribution in [0, 0.1) is 13.8 Å². The van der Waals surface area contributed by atoms with Crippen molar-refractivity contribution >= 4 is 5.97 Å². The first-order valence-electron chi connectivity index (χ1n) is 4.97. The van der Waals surface area contributed by atoms with E-state index in [9.17, 15) is 4.79 Å². The van der Waals surface area contributed by atoms with Gasteiger partial charge in [-0.2, -0.15) is 4.57 Å². The maximum atomic E-state index is 11.6. The van der Waals surface area contributed by atoms with Crippen LogP contribution in [0.1, 0.15) is 34.5 Å². The van der Waals surface area contributed by atoms with Gasteiger partial charge in [-0.3, -0.25) is 0 Å². The second-order valence-electron chi connectivity index (χ2n) is 3.48. The smallest absolute Gasteiger partial charge is 0.405 e. The number of ether oxygens (including phenoxy) is 1. The molecule has 15 heavy (non-hydrogen) atoms. The van der Waals surface area contributed by atoms with E-state index in [1.807, 2.05) is 32.4 Å². The van der Waals surface area contributed by atoms with Gasteiger partial charge in [0.25, 0.3) is 0 Å². The molecular weight excluding hydrogens is 192 g/mol. The molecule has 0 amide bonds. The molecule has 0 N–H and O–H groups in total. The standard InChI is InChI=1S/C11H17N2O2/c1-6-9-10(11(14)15-5)13(4)8(3)7(2)12-9/h6H2,1-5H3/q+1. The Balaban J connectivity index is 3.47. The van der Waals surface area contributed by atoms with Crippen LogP contribution in [0.4, 0.5) is 0 Å². The predicted octanol–water partition coefficient (Wildman–Crippen LogP) is 0.872. The Hall–Kier alpha value is -1.45. The monoisotopic (exact) mass is 209 g/mol. The van der Waals surface area contributed by atoms with Gasteiger partial charge in [0.15, 0.2) is 5.69 Å². The van der Waals surface area contributed by atoms with Gasteiger partial charge in [-0.15, -0.1) is 0 Å². The van der Waals surface area contributed by atoms with Gasteiger partial charge in [0.1, 0.15) is 18.4 Å². The molecule has 0 spiro atoms. The number of nitrogens with zero attached hydrogens (tertiary/aromatic N) is 2. The molecule has 82 valence electrons. The van der Waals surface area contributed by atoms with Crippen molar-refractivity contribution in [3.63, 3.8) is 0 Å². The maximum Gasteiger partial charge on any atom is 0.405 e. The number of methoxy groups -OCH3 is 1. The van der Waals surface area contributed by atoms with Crippen LogP contribution in [0.2, 0.25) is 0 Å². The first kappa shape index (κ1) is 11.6. The Morgan fingerprint density at radius 2 is 2.07 bits per heavy atom. The van der Waals surface area contributed by atoms with Crippen LogP contribution in [0.5, 0.6) is 0 Å². The van der Waals surface area contributed by atoms with Crippen molar-refractivity contribution in [3.05, 3.63) is 22.8 Å². The average Bonchev–Trinajstić information content (AvgIpc) is 2.24. The second kappa shape index (κ2) is 4.38. The van der Waals surface area contributed by atoms with Crippen molar-refractivity contribution in [1.29, 1.82) is 0 Å². The summed E-state index contributed by atoms with van der Waals surface area (Å²) in [6.45, 7) is 5.85. The van der Waals surface area contributed by atoms with Gasteiger partial charge < -0.3 is 4.74 Å². The van der Waals surface area contributed by atoms with Crippen LogP contribution in [0.15, 0.2) is 0 Å². The van der Waals surface area contributed by atoms with E-state index in [1.54, 1.807) is 0 Å². The van der Waals surface area contributed by atoms with Crippen molar-refractivity contribution < 1.29 is 14.1 Å². The van der Waals surface area contributed by atoms with Gasteiger partial charge in [0.05, 0.1) is 7.11 Å². The summed E-state index contributed by atoms with van der Waals surface area (Å²) < 4.78 is 6.59. The van der Waals surface area contributed by atoms with E-state index in [-0.39, 0.29) is 5.97 Å². The third-order valence-corrected chi connectivity index (χ3v) is 2.65. The lowest BCUT2D eigenvalue weighted by Gasteiger charge is -2.07. The summed E-state index contributed by atoms with van der Waals surface area (Å²) >= 11 is 0. The van der Waals surface area contributed by atoms with Gasteiger partial charge >= 0.3 is 11.7 Å². The van der Waals surface area contributed by atoms with Gasteiger partial charge in [0.2, 0.25) is 0 Å². The van der Waals surface area contributed by atoms with E-state index in [0.29, 0.717) is 5.69 Å². The molecule has 1 heterocycles. The zero-order chi connectivity index (χ0) is 11.6. The number of rotatable bonds is 2. The Bertz CT molecular complexity index is 400. The van der Waals surface area contributed by atoms with Gasteiger partial charge in [-0.25, -0.2) is 9.78 Å². The lowest BCUT2D eigenvalue weighted by molar-refractivity contribution is -0.681. The summed E-state index contributed by atoms with van der Waals surface area (Å²) in [5, 5.41) is 0. The molecule has 1 aromatic rings. The summed E-state index contributed by atoms with van der Waals surface area (Å²) in [6.07, 6.45) is 0.722. The van der Waals surface area contributed by atoms with Crippen molar-refractivity contribution in [3.8, 4) is 0 Å². The van der Waals surface area contributed by atoms with E-state index >= 15 is 0 Å². The molecule has 1 rings (SSSR count). The fourth-order valence-corrected chi connectivity index (χ4v) is 1.54. The van der Waals surface area contributed by atoms with Crippen LogP contribution < -0.4 is 4.57 Å². The second-order valence-corrected chi connectivity index (χ2v) is 3.48. The molecule has 0 radical (unpaired) electrons. The number of carbonyl (C=O) groups is 1. The molecule has 0 atom stereocenters. The molecule has 0 saturated heterocycles. The highest BCUT2D eigenvalue weighted by atomic mass is 16.5. The number of hydrogen-bond donors (Lipinski definition) is 0. The number of esters is 1. The summed E-state index contributed by atoms with van der Waals surface area (Å²) in [5.74, 6) is -0.329. The average molecular weight is 209 g/mol. The van der Waals surface area contributed by atoms with Crippen LogP contribution in [-0.4, -0.2) is 18.1 Å². The lowest BCUT2D eigenvalue weighted by atomic mass is 10.2. The zero-order valence-corrected chi connectivity index (χ0v) is 9.92. The van der Waals surface area contributed by atoms with Crippen LogP contribution >= 0.6 is 0 Å². The third kappa shape index (κ3) is 1.98. The normalized spacial score (nSPS) is 10.2. The topological polar surface area (TPSA) is 43.1 Å². The number of hydrogen-bond acceptors (Lipinski definition) is 3. The number of aryl methyl sites for hydroxylation is 2. The molecular formula is C11H17N2O2+. The Morgan fingerprint density at radius 1 is 1.47 bits per heavy atom. The van der Waals surface area contributed by atoms with E-state index in [4.69, 9.17) is 4.74 Å². The first-order valence-corrected chi connectivity index (χ1v) is 4.97. The van der Waals surface area contributed by atoms with Gasteiger partial charge in [-0.05, 0) is 13.3 Å². The van der Waals surface area contributed by atoms with Crippen molar-refractivity contribution in [2.75, 3.05) is 7.11 Å². The number of carbonyl (C=O) groups excluding carboxylic acids is 1. The molecule has 0 aliphatic heterocycles. The minimum Gasteiger partial charge on any atom is -0.461 e. The van der Waals surface area contributed by atoms with Gasteiger partial charge in [-0.1, -0.05) is 6.92 Å². The van der Waals surface area contributed by atoms with E-state index in [2.05, 4.69) is 4.98 Å². The quantitative estimate of drug-likeness (QED) is 0.536. The molecule has 0 fully saturated rings. The van der Waals surface area contributed by atoms with Crippen molar-refractivity contribution in [2.45, 2.75) is 27.2 Å². The molecule has 4 heteroatoms. The molecule has 0 aliphatic carbocycles. The minimum atomic E-state index is -0.329. The molecule has 4 nitrogen and oxygen atoms in total. The van der Waals surface area contributed by atoms with Gasteiger partial charge in [0, 0.05) is 6.92 Å². The van der Waals surface area contributed by atoms with Crippen LogP contribution in [0.25, 0.3) is 0 Å². The highest BCUT2D eigenvalue weighted by molar-refractivity contribution is 5.86. The SMILES string of the molecule is CCc1nc(C)c(C)[n+](C)c1C(=O)OC. The van der Waals surface area contributed by atoms with Crippen molar-refractivity contribution in [1.82, 2.24) is 4.98 Å². The molecule has 0 unspecified atom stereocenters. The fourth-order valence-electron chi connectivity index (χ4n) is 1.54. The fraction of sp³-hybridized carbons (Fsp3) is 0.545. The van der Waals surface area contributed by atoms with Crippen LogP contribution in [-0.2, 0) is 18.2 Å². The van der Waals surface area contributed by atoms with E-state index in [1.165, 1.54) is 7.11 Å². The third-order valence-electron chi connectivity index (χ3n) is 2.65. The Morgan fingerprint density at radius 3 is 2.53 bits per heavy atom. The maximum absolute atomic E-state index is 11.6. The predicted molar refractivity (Wildman–Crippen MR) is 55.6 cm³/mol. The molecule has 0 saturated carbocycles. The summed E-state index contributed by atoms with van der Waals surface area (Å²) in [4.78, 5) is 16.0. The summed E-state index contributed by atoms with van der Waals surface area (Å²) in [5.41, 5.74) is 3.25. The van der Waals surface area contributed by atoms with E-state index in [0.717, 1.165) is 23.5 Å². The minimum absolute atomic E-state index is 0.329. The highest BCUT2D eigenvalue weighted by Crippen LogP contribution is 2.07. The molecule has 0 bridgehead atoms. The molecule has 0 aliphatic rings. The van der Waals surface area contributed by atoms with E-state index < -0.39 is 0 Å². The Kier molecular flexibility index (Phi) is 3.39. The molecule has 0 aromatic carbocycles. The largest absolute Gasteiger partial charge is 0.461 e. The zero-order valence-electron chi connectivity index (χ0n) is 9.92. The number of aromatic nitrogens is 2. The highest BCUT2D eigenvalue weighted by Gasteiger charge is 2.26. The van der Waals surface area contributed by atoms with Crippen LogP contribution in [0.3, 0.4) is 0 Å². The Labute approximate surface area is 89.9 Å². The first-order chi connectivity index (χ1) is 7.02. The summed E-state index contributed by atoms with van der Waals surface area (Å²) in [7, 11) is 3.24. The van der Waals surface area contributed by atoms with Crippen molar-refractivity contribution in [2.24, 2.45) is 7.05 Å². The summed E-state index contributed by atoms with van der Waals surface area (Å²) in [6, 6.07) is 0. The molecule has 1 aromatic heterocycles.